The van der Waals surface area contributed by atoms with Gasteiger partial charge in [-0.2, -0.15) is 0 Å². The van der Waals surface area contributed by atoms with Crippen molar-refractivity contribution in [2.45, 2.75) is 32.8 Å². The lowest BCUT2D eigenvalue weighted by Gasteiger charge is -2.47. The summed E-state index contributed by atoms with van der Waals surface area (Å²) in [4.78, 5) is 0. The molecule has 1 unspecified atom stereocenters. The third kappa shape index (κ3) is 2.13. The van der Waals surface area contributed by atoms with Gasteiger partial charge in [0.2, 0.25) is 0 Å². The van der Waals surface area contributed by atoms with Crippen LogP contribution in [0.5, 0.6) is 5.75 Å². The second kappa shape index (κ2) is 4.90. The molecule has 1 aromatic carbocycles. The molecule has 1 aromatic rings. The zero-order valence-electron chi connectivity index (χ0n) is 11.5. The van der Waals surface area contributed by atoms with Crippen LogP contribution < -0.4 is 10.1 Å². The molecule has 1 atom stereocenters. The normalized spacial score (nSPS) is 26.9. The van der Waals surface area contributed by atoms with E-state index in [-0.39, 0.29) is 5.41 Å². The Bertz CT molecular complexity index is 417. The molecule has 1 fully saturated rings. The van der Waals surface area contributed by atoms with Crippen LogP contribution in [0.2, 0.25) is 0 Å². The van der Waals surface area contributed by atoms with Crippen LogP contribution in [0.25, 0.3) is 0 Å². The van der Waals surface area contributed by atoms with Gasteiger partial charge in [-0.3, -0.25) is 0 Å². The van der Waals surface area contributed by atoms with Crippen molar-refractivity contribution in [1.82, 2.24) is 5.32 Å². The first kappa shape index (κ1) is 13.4. The molecule has 2 rings (SSSR count). The van der Waals surface area contributed by atoms with Gasteiger partial charge >= 0.3 is 0 Å². The number of para-hydroxylation sites is 1. The molecule has 2 N–H and O–H groups in total. The maximum absolute atomic E-state index is 11.2. The SMILES string of the molecule is CCOc1ccccc1C1(O)CCNCC1(C)C. The summed E-state index contributed by atoms with van der Waals surface area (Å²) in [7, 11) is 0. The predicted molar refractivity (Wildman–Crippen MR) is 72.8 cm³/mol. The lowest BCUT2D eigenvalue weighted by Crippen LogP contribution is -2.54. The van der Waals surface area contributed by atoms with E-state index in [1.807, 2.05) is 31.2 Å². The van der Waals surface area contributed by atoms with Crippen LogP contribution in [0.15, 0.2) is 24.3 Å². The van der Waals surface area contributed by atoms with Crippen LogP contribution in [0.3, 0.4) is 0 Å². The van der Waals surface area contributed by atoms with Gasteiger partial charge in [0.05, 0.1) is 6.61 Å². The number of ether oxygens (including phenoxy) is 1. The van der Waals surface area contributed by atoms with Gasteiger partial charge in [0.1, 0.15) is 11.4 Å². The second-order valence-electron chi connectivity index (χ2n) is 5.60. The molecule has 1 aliphatic rings. The Morgan fingerprint density at radius 1 is 1.33 bits per heavy atom. The van der Waals surface area contributed by atoms with E-state index in [4.69, 9.17) is 4.74 Å². The first-order valence-corrected chi connectivity index (χ1v) is 6.67. The largest absolute Gasteiger partial charge is 0.493 e. The smallest absolute Gasteiger partial charge is 0.125 e. The average Bonchev–Trinajstić information content (AvgIpc) is 2.34. The molecule has 0 aromatic heterocycles. The molecule has 1 aliphatic heterocycles. The summed E-state index contributed by atoms with van der Waals surface area (Å²) in [6.07, 6.45) is 0.712. The van der Waals surface area contributed by atoms with E-state index in [1.54, 1.807) is 0 Å². The highest BCUT2D eigenvalue weighted by Crippen LogP contribution is 2.46. The maximum atomic E-state index is 11.2. The molecule has 1 saturated heterocycles. The van der Waals surface area contributed by atoms with Gasteiger partial charge in [-0.1, -0.05) is 32.0 Å². The number of hydrogen-bond donors (Lipinski definition) is 2. The molecule has 18 heavy (non-hydrogen) atoms. The van der Waals surface area contributed by atoms with Crippen LogP contribution in [0.4, 0.5) is 0 Å². The summed E-state index contributed by atoms with van der Waals surface area (Å²) in [5.41, 5.74) is -0.124. The number of aliphatic hydroxyl groups is 1. The Labute approximate surface area is 109 Å². The molecule has 0 bridgehead atoms. The van der Waals surface area contributed by atoms with E-state index in [9.17, 15) is 5.11 Å². The van der Waals surface area contributed by atoms with E-state index in [1.165, 1.54) is 0 Å². The van der Waals surface area contributed by atoms with Crippen molar-refractivity contribution in [3.63, 3.8) is 0 Å². The number of benzene rings is 1. The molecular weight excluding hydrogens is 226 g/mol. The van der Waals surface area contributed by atoms with Gasteiger partial charge < -0.3 is 15.2 Å². The fourth-order valence-corrected chi connectivity index (χ4v) is 2.74. The highest BCUT2D eigenvalue weighted by Gasteiger charge is 2.47. The zero-order chi connectivity index (χ0) is 13.2. The molecule has 0 radical (unpaired) electrons. The minimum Gasteiger partial charge on any atom is -0.493 e. The number of rotatable bonds is 3. The van der Waals surface area contributed by atoms with Crippen molar-refractivity contribution < 1.29 is 9.84 Å². The van der Waals surface area contributed by atoms with E-state index in [0.29, 0.717) is 13.0 Å². The maximum Gasteiger partial charge on any atom is 0.125 e. The molecule has 100 valence electrons. The number of nitrogens with one attached hydrogen (secondary N) is 1. The standard InChI is InChI=1S/C15H23NO2/c1-4-18-13-8-6-5-7-12(13)15(17)9-10-16-11-14(15,2)3/h5-8,16-17H,4,9-11H2,1-3H3. The van der Waals surface area contributed by atoms with Crippen molar-refractivity contribution in [3.8, 4) is 5.75 Å². The minimum atomic E-state index is -0.829. The fourth-order valence-electron chi connectivity index (χ4n) is 2.74. The quantitative estimate of drug-likeness (QED) is 0.863. The summed E-state index contributed by atoms with van der Waals surface area (Å²) in [6, 6.07) is 7.84. The van der Waals surface area contributed by atoms with Gasteiger partial charge in [0.25, 0.3) is 0 Å². The molecule has 0 saturated carbocycles. The monoisotopic (exact) mass is 249 g/mol. The van der Waals surface area contributed by atoms with E-state index in [2.05, 4.69) is 19.2 Å². The molecule has 0 aliphatic carbocycles. The summed E-state index contributed by atoms with van der Waals surface area (Å²) in [6.45, 7) is 8.42. The molecule has 1 heterocycles. The highest BCUT2D eigenvalue weighted by molar-refractivity contribution is 5.40. The topological polar surface area (TPSA) is 41.5 Å². The van der Waals surface area contributed by atoms with Gasteiger partial charge in [-0.05, 0) is 26.0 Å². The van der Waals surface area contributed by atoms with E-state index < -0.39 is 5.60 Å². The van der Waals surface area contributed by atoms with Crippen LogP contribution >= 0.6 is 0 Å². The zero-order valence-corrected chi connectivity index (χ0v) is 11.5. The highest BCUT2D eigenvalue weighted by atomic mass is 16.5. The summed E-state index contributed by atoms with van der Waals surface area (Å²) in [5, 5.41) is 14.5. The van der Waals surface area contributed by atoms with Gasteiger partial charge in [-0.25, -0.2) is 0 Å². The molecule has 3 heteroatoms. The van der Waals surface area contributed by atoms with Crippen molar-refractivity contribution in [1.29, 1.82) is 0 Å². The van der Waals surface area contributed by atoms with Crippen molar-refractivity contribution in [2.75, 3.05) is 19.7 Å². The Morgan fingerprint density at radius 3 is 2.72 bits per heavy atom. The van der Waals surface area contributed by atoms with Crippen LogP contribution in [-0.4, -0.2) is 24.8 Å². The van der Waals surface area contributed by atoms with Crippen molar-refractivity contribution >= 4 is 0 Å². The van der Waals surface area contributed by atoms with E-state index >= 15 is 0 Å². The average molecular weight is 249 g/mol. The second-order valence-corrected chi connectivity index (χ2v) is 5.60. The summed E-state index contributed by atoms with van der Waals surface area (Å²) in [5.74, 6) is 0.803. The van der Waals surface area contributed by atoms with Gasteiger partial charge in [-0.15, -0.1) is 0 Å². The Morgan fingerprint density at radius 2 is 2.06 bits per heavy atom. The first-order chi connectivity index (χ1) is 8.51. The Hall–Kier alpha value is -1.06. The lowest BCUT2D eigenvalue weighted by molar-refractivity contribution is -0.0958. The summed E-state index contributed by atoms with van der Waals surface area (Å²) >= 11 is 0. The third-order valence-corrected chi connectivity index (χ3v) is 3.98. The fraction of sp³-hybridized carbons (Fsp3) is 0.600. The van der Waals surface area contributed by atoms with Crippen LogP contribution in [0, 0.1) is 5.41 Å². The number of hydrogen-bond acceptors (Lipinski definition) is 3. The van der Waals surface area contributed by atoms with Crippen LogP contribution in [-0.2, 0) is 5.60 Å². The number of piperidine rings is 1. The Kier molecular flexibility index (Phi) is 3.64. The van der Waals surface area contributed by atoms with Gasteiger partial charge in [0.15, 0.2) is 0 Å². The molecular formula is C15H23NO2. The van der Waals surface area contributed by atoms with E-state index in [0.717, 1.165) is 24.4 Å². The predicted octanol–water partition coefficient (Wildman–Crippen LogP) is 2.29. The molecule has 3 nitrogen and oxygen atoms in total. The lowest BCUT2D eigenvalue weighted by atomic mass is 9.67. The first-order valence-electron chi connectivity index (χ1n) is 6.67. The minimum absolute atomic E-state index is 0.210. The van der Waals surface area contributed by atoms with Crippen molar-refractivity contribution in [2.24, 2.45) is 5.41 Å². The van der Waals surface area contributed by atoms with Crippen LogP contribution in [0.1, 0.15) is 32.8 Å². The van der Waals surface area contributed by atoms with Crippen molar-refractivity contribution in [3.05, 3.63) is 29.8 Å². The third-order valence-electron chi connectivity index (χ3n) is 3.98. The summed E-state index contributed by atoms with van der Waals surface area (Å²) < 4.78 is 5.67. The molecule has 0 spiro atoms. The molecule has 0 amide bonds. The van der Waals surface area contributed by atoms with Gasteiger partial charge in [0, 0.05) is 17.5 Å². The Balaban J connectivity index is 2.45.